The first-order valence-electron chi connectivity index (χ1n) is 5.30. The summed E-state index contributed by atoms with van der Waals surface area (Å²) in [5.41, 5.74) is 0.886. The third-order valence-corrected chi connectivity index (χ3v) is 3.59. The number of nitrogens with zero attached hydrogens (tertiary/aromatic N) is 2. The molecular formula is C11H9ClF3N3S. The highest BCUT2D eigenvalue weighted by Gasteiger charge is 2.35. The molecule has 2 rings (SSSR count). The van der Waals surface area contributed by atoms with Crippen LogP contribution in [0.5, 0.6) is 0 Å². The second-order valence-electron chi connectivity index (χ2n) is 3.67. The zero-order valence-corrected chi connectivity index (χ0v) is 11.1. The van der Waals surface area contributed by atoms with Gasteiger partial charge in [0.05, 0.1) is 5.38 Å². The van der Waals surface area contributed by atoms with E-state index in [9.17, 15) is 13.2 Å². The van der Waals surface area contributed by atoms with Gasteiger partial charge < -0.3 is 5.32 Å². The fourth-order valence-electron chi connectivity index (χ4n) is 1.37. The van der Waals surface area contributed by atoms with Gasteiger partial charge in [0.1, 0.15) is 0 Å². The number of alkyl halides is 4. The largest absolute Gasteiger partial charge is 0.445 e. The zero-order chi connectivity index (χ0) is 13.9. The molecular weight excluding hydrogens is 299 g/mol. The second kappa shape index (κ2) is 5.75. The number of anilines is 1. The molecule has 1 aromatic heterocycles. The van der Waals surface area contributed by atoms with E-state index in [0.717, 1.165) is 5.56 Å². The van der Waals surface area contributed by atoms with Gasteiger partial charge in [-0.2, -0.15) is 13.2 Å². The molecule has 0 fully saturated rings. The summed E-state index contributed by atoms with van der Waals surface area (Å²) in [6.07, 6.45) is -4.46. The first-order chi connectivity index (χ1) is 8.97. The van der Waals surface area contributed by atoms with Crippen molar-refractivity contribution in [3.05, 3.63) is 40.9 Å². The molecule has 1 unspecified atom stereocenters. The van der Waals surface area contributed by atoms with Crippen LogP contribution < -0.4 is 5.32 Å². The zero-order valence-electron chi connectivity index (χ0n) is 9.49. The third kappa shape index (κ3) is 3.81. The van der Waals surface area contributed by atoms with Crippen LogP contribution in [0, 0.1) is 0 Å². The highest BCUT2D eigenvalue weighted by molar-refractivity contribution is 7.15. The van der Waals surface area contributed by atoms with Crippen LogP contribution in [0.4, 0.5) is 18.3 Å². The van der Waals surface area contributed by atoms with Gasteiger partial charge in [-0.25, -0.2) is 0 Å². The first kappa shape index (κ1) is 14.1. The van der Waals surface area contributed by atoms with Crippen LogP contribution in [-0.4, -0.2) is 16.7 Å². The molecule has 0 aliphatic carbocycles. The second-order valence-corrected chi connectivity index (χ2v) is 5.17. The van der Waals surface area contributed by atoms with E-state index in [1.54, 1.807) is 0 Å². The maximum Gasteiger partial charge on any atom is 0.445 e. The highest BCUT2D eigenvalue weighted by atomic mass is 35.5. The molecule has 1 N–H and O–H groups in total. The van der Waals surface area contributed by atoms with E-state index in [2.05, 4.69) is 15.5 Å². The van der Waals surface area contributed by atoms with E-state index in [4.69, 9.17) is 11.6 Å². The van der Waals surface area contributed by atoms with Crippen molar-refractivity contribution in [1.29, 1.82) is 0 Å². The van der Waals surface area contributed by atoms with Crippen LogP contribution in [0.1, 0.15) is 15.9 Å². The predicted octanol–water partition coefficient (Wildman–Crippen LogP) is 3.95. The lowest BCUT2D eigenvalue weighted by atomic mass is 10.1. The lowest BCUT2D eigenvalue weighted by molar-refractivity contribution is -0.138. The first-order valence-corrected chi connectivity index (χ1v) is 6.55. The molecule has 0 aliphatic rings. The minimum absolute atomic E-state index is 0.105. The Hall–Kier alpha value is -1.34. The summed E-state index contributed by atoms with van der Waals surface area (Å²) in [5, 5.41) is 8.04. The summed E-state index contributed by atoms with van der Waals surface area (Å²) in [6, 6.07) is 9.25. The molecule has 0 aliphatic heterocycles. The normalized spacial score (nSPS) is 13.3. The van der Waals surface area contributed by atoms with E-state index in [-0.39, 0.29) is 17.1 Å². The van der Waals surface area contributed by atoms with Crippen molar-refractivity contribution in [2.45, 2.75) is 11.6 Å². The van der Waals surface area contributed by atoms with Crippen LogP contribution in [-0.2, 0) is 6.18 Å². The molecule has 0 amide bonds. The molecule has 1 heterocycles. The standard InChI is InChI=1S/C11H9ClF3N3S/c12-8(7-4-2-1-3-5-7)6-16-10-18-17-9(19-10)11(13,14)15/h1-5,8H,6H2,(H,16,18). The van der Waals surface area contributed by atoms with E-state index in [1.807, 2.05) is 30.3 Å². The fourth-order valence-corrected chi connectivity index (χ4v) is 2.21. The van der Waals surface area contributed by atoms with Gasteiger partial charge in [-0.1, -0.05) is 41.7 Å². The minimum atomic E-state index is -4.46. The minimum Gasteiger partial charge on any atom is -0.358 e. The van der Waals surface area contributed by atoms with Gasteiger partial charge in [0.25, 0.3) is 0 Å². The summed E-state index contributed by atoms with van der Waals surface area (Å²) in [4.78, 5) is 0. The van der Waals surface area contributed by atoms with Crippen LogP contribution >= 0.6 is 22.9 Å². The molecule has 0 spiro atoms. The van der Waals surface area contributed by atoms with Crippen molar-refractivity contribution in [2.75, 3.05) is 11.9 Å². The number of benzene rings is 1. The van der Waals surface area contributed by atoms with E-state index in [0.29, 0.717) is 11.3 Å². The summed E-state index contributed by atoms with van der Waals surface area (Å²) < 4.78 is 37.0. The van der Waals surface area contributed by atoms with Crippen molar-refractivity contribution in [2.24, 2.45) is 0 Å². The van der Waals surface area contributed by atoms with E-state index >= 15 is 0 Å². The highest BCUT2D eigenvalue weighted by Crippen LogP contribution is 2.33. The summed E-state index contributed by atoms with van der Waals surface area (Å²) in [6.45, 7) is 0.276. The molecule has 0 saturated carbocycles. The number of aromatic nitrogens is 2. The molecule has 19 heavy (non-hydrogen) atoms. The Balaban J connectivity index is 1.94. The Morgan fingerprint density at radius 2 is 1.89 bits per heavy atom. The maximum absolute atomic E-state index is 12.3. The van der Waals surface area contributed by atoms with E-state index in [1.165, 1.54) is 0 Å². The Morgan fingerprint density at radius 1 is 1.21 bits per heavy atom. The maximum atomic E-state index is 12.3. The molecule has 3 nitrogen and oxygen atoms in total. The number of rotatable bonds is 4. The van der Waals surface area contributed by atoms with Crippen molar-refractivity contribution < 1.29 is 13.2 Å². The van der Waals surface area contributed by atoms with Gasteiger partial charge in [-0.15, -0.1) is 21.8 Å². The lowest BCUT2D eigenvalue weighted by Gasteiger charge is -2.09. The van der Waals surface area contributed by atoms with Crippen LogP contribution in [0.15, 0.2) is 30.3 Å². The number of halogens is 4. The number of hydrogen-bond donors (Lipinski definition) is 1. The molecule has 8 heteroatoms. The van der Waals surface area contributed by atoms with Crippen molar-refractivity contribution >= 4 is 28.1 Å². The van der Waals surface area contributed by atoms with Gasteiger partial charge in [0.15, 0.2) is 0 Å². The molecule has 102 valence electrons. The van der Waals surface area contributed by atoms with E-state index < -0.39 is 11.2 Å². The molecule has 1 aromatic carbocycles. The molecule has 0 bridgehead atoms. The van der Waals surface area contributed by atoms with Gasteiger partial charge in [-0.05, 0) is 5.56 Å². The van der Waals surface area contributed by atoms with Crippen molar-refractivity contribution in [3.63, 3.8) is 0 Å². The van der Waals surface area contributed by atoms with Gasteiger partial charge in [-0.3, -0.25) is 0 Å². The fraction of sp³-hybridized carbons (Fsp3) is 0.273. The Kier molecular flexibility index (Phi) is 4.26. The number of nitrogens with one attached hydrogen (secondary N) is 1. The monoisotopic (exact) mass is 307 g/mol. The molecule has 1 atom stereocenters. The topological polar surface area (TPSA) is 37.8 Å². The summed E-state index contributed by atoms with van der Waals surface area (Å²) in [7, 11) is 0. The van der Waals surface area contributed by atoms with Crippen LogP contribution in [0.2, 0.25) is 0 Å². The van der Waals surface area contributed by atoms with Gasteiger partial charge >= 0.3 is 6.18 Å². The van der Waals surface area contributed by atoms with Gasteiger partial charge in [0, 0.05) is 6.54 Å². The molecule has 0 radical (unpaired) electrons. The Bertz CT molecular complexity index is 529. The SMILES string of the molecule is FC(F)(F)c1nnc(NCC(Cl)c2ccccc2)s1. The number of hydrogen-bond acceptors (Lipinski definition) is 4. The van der Waals surface area contributed by atoms with Crippen molar-refractivity contribution in [1.82, 2.24) is 10.2 Å². The predicted molar refractivity (Wildman–Crippen MR) is 68.4 cm³/mol. The molecule has 2 aromatic rings. The third-order valence-electron chi connectivity index (χ3n) is 2.26. The van der Waals surface area contributed by atoms with Crippen LogP contribution in [0.25, 0.3) is 0 Å². The Morgan fingerprint density at radius 3 is 2.47 bits per heavy atom. The quantitative estimate of drug-likeness (QED) is 0.869. The Labute approximate surface area is 116 Å². The van der Waals surface area contributed by atoms with Crippen LogP contribution in [0.3, 0.4) is 0 Å². The van der Waals surface area contributed by atoms with Crippen molar-refractivity contribution in [3.8, 4) is 0 Å². The summed E-state index contributed by atoms with van der Waals surface area (Å²) >= 11 is 6.58. The lowest BCUT2D eigenvalue weighted by Crippen LogP contribution is -2.07. The van der Waals surface area contributed by atoms with Gasteiger partial charge in [0.2, 0.25) is 10.1 Å². The summed E-state index contributed by atoms with van der Waals surface area (Å²) in [5.74, 6) is 0. The smallest absolute Gasteiger partial charge is 0.358 e. The average molecular weight is 308 g/mol. The molecule has 0 saturated heterocycles. The average Bonchev–Trinajstić information content (AvgIpc) is 2.86.